The van der Waals surface area contributed by atoms with Crippen molar-refractivity contribution >= 4 is 0 Å². The smallest absolute Gasteiger partial charge is 0.146 e. The van der Waals surface area contributed by atoms with Gasteiger partial charge >= 0.3 is 0 Å². The zero-order valence-electron chi connectivity index (χ0n) is 9.73. The molecular weight excluding hydrogens is 221 g/mol. The van der Waals surface area contributed by atoms with E-state index >= 15 is 0 Å². The van der Waals surface area contributed by atoms with Crippen molar-refractivity contribution in [1.82, 2.24) is 10.4 Å². The van der Waals surface area contributed by atoms with Gasteiger partial charge in [-0.3, -0.25) is 16.3 Å². The molecule has 1 aliphatic heterocycles. The first-order chi connectivity index (χ1) is 8.31. The van der Waals surface area contributed by atoms with Crippen LogP contribution < -0.4 is 11.3 Å². The fourth-order valence-corrected chi connectivity index (χ4v) is 2.27. The van der Waals surface area contributed by atoms with Crippen LogP contribution in [-0.4, -0.2) is 18.2 Å². The Morgan fingerprint density at radius 3 is 2.94 bits per heavy atom. The van der Waals surface area contributed by atoms with E-state index in [1.807, 2.05) is 0 Å². The molecule has 0 amide bonds. The van der Waals surface area contributed by atoms with Gasteiger partial charge in [-0.25, -0.2) is 4.39 Å². The van der Waals surface area contributed by atoms with Crippen molar-refractivity contribution in [3.8, 4) is 0 Å². The lowest BCUT2D eigenvalue weighted by Gasteiger charge is -2.26. The minimum Gasteiger partial charge on any atom is -0.381 e. The van der Waals surface area contributed by atoms with Crippen LogP contribution in [0.3, 0.4) is 0 Å². The van der Waals surface area contributed by atoms with Crippen molar-refractivity contribution in [1.29, 1.82) is 0 Å². The van der Waals surface area contributed by atoms with Crippen LogP contribution in [-0.2, 0) is 4.74 Å². The number of pyridine rings is 1. The summed E-state index contributed by atoms with van der Waals surface area (Å²) in [5, 5.41) is 0. The van der Waals surface area contributed by atoms with Crippen LogP contribution in [0.25, 0.3) is 0 Å². The quantitative estimate of drug-likeness (QED) is 0.618. The van der Waals surface area contributed by atoms with E-state index in [9.17, 15) is 4.39 Å². The lowest BCUT2D eigenvalue weighted by molar-refractivity contribution is 0.0604. The summed E-state index contributed by atoms with van der Waals surface area (Å²) < 4.78 is 18.9. The van der Waals surface area contributed by atoms with Crippen molar-refractivity contribution in [2.45, 2.75) is 25.3 Å². The lowest BCUT2D eigenvalue weighted by Crippen LogP contribution is -2.31. The van der Waals surface area contributed by atoms with Gasteiger partial charge in [0, 0.05) is 31.0 Å². The molecule has 0 saturated carbocycles. The van der Waals surface area contributed by atoms with Gasteiger partial charge < -0.3 is 4.74 Å². The fraction of sp³-hybridized carbons (Fsp3) is 0.583. The molecule has 0 spiro atoms. The third-order valence-electron chi connectivity index (χ3n) is 3.29. The van der Waals surface area contributed by atoms with E-state index < -0.39 is 0 Å². The molecule has 1 unspecified atom stereocenters. The first-order valence-electron chi connectivity index (χ1n) is 5.94. The minimum atomic E-state index is -0.303. The van der Waals surface area contributed by atoms with Crippen LogP contribution in [0.4, 0.5) is 4.39 Å². The molecule has 2 rings (SSSR count). The number of aromatic nitrogens is 1. The number of hydrazine groups is 1. The third kappa shape index (κ3) is 3.21. The van der Waals surface area contributed by atoms with Crippen LogP contribution in [0, 0.1) is 11.7 Å². The summed E-state index contributed by atoms with van der Waals surface area (Å²) >= 11 is 0. The first kappa shape index (κ1) is 12.4. The molecule has 1 aliphatic rings. The Labute approximate surface area is 100 Å². The van der Waals surface area contributed by atoms with E-state index in [1.54, 1.807) is 12.3 Å². The number of hydrogen-bond donors (Lipinski definition) is 2. The van der Waals surface area contributed by atoms with Gasteiger partial charge in [0.15, 0.2) is 0 Å². The highest BCUT2D eigenvalue weighted by Gasteiger charge is 2.21. The molecule has 1 aromatic rings. The second kappa shape index (κ2) is 6.05. The summed E-state index contributed by atoms with van der Waals surface area (Å²) in [6.45, 7) is 1.58. The molecule has 94 valence electrons. The predicted molar refractivity (Wildman–Crippen MR) is 62.4 cm³/mol. The van der Waals surface area contributed by atoms with Crippen molar-refractivity contribution in [3.63, 3.8) is 0 Å². The summed E-state index contributed by atoms with van der Waals surface area (Å²) in [5.41, 5.74) is 3.29. The Morgan fingerprint density at radius 1 is 1.53 bits per heavy atom. The molecule has 0 aromatic carbocycles. The minimum absolute atomic E-state index is 0.152. The third-order valence-corrected chi connectivity index (χ3v) is 3.29. The fourth-order valence-electron chi connectivity index (χ4n) is 2.27. The molecular formula is C12H18FN3O. The van der Waals surface area contributed by atoms with Gasteiger partial charge in [-0.05, 0) is 31.2 Å². The van der Waals surface area contributed by atoms with Crippen LogP contribution >= 0.6 is 0 Å². The molecule has 1 saturated heterocycles. The highest BCUT2D eigenvalue weighted by molar-refractivity contribution is 5.17. The Morgan fingerprint density at radius 2 is 2.29 bits per heavy atom. The molecule has 2 heterocycles. The lowest BCUT2D eigenvalue weighted by atomic mass is 9.90. The molecule has 1 aromatic heterocycles. The highest BCUT2D eigenvalue weighted by Crippen LogP contribution is 2.27. The van der Waals surface area contributed by atoms with Gasteiger partial charge in [0.2, 0.25) is 0 Å². The van der Waals surface area contributed by atoms with Gasteiger partial charge in [0.05, 0.1) is 6.20 Å². The number of nitrogens with zero attached hydrogens (tertiary/aromatic N) is 1. The maximum Gasteiger partial charge on any atom is 0.146 e. The number of nitrogens with two attached hydrogens (primary N) is 1. The number of halogens is 1. The molecule has 17 heavy (non-hydrogen) atoms. The van der Waals surface area contributed by atoms with Crippen molar-refractivity contribution in [2.75, 3.05) is 13.2 Å². The molecule has 1 atom stereocenters. The average molecular weight is 239 g/mol. The largest absolute Gasteiger partial charge is 0.381 e. The molecule has 3 N–H and O–H groups in total. The van der Waals surface area contributed by atoms with Gasteiger partial charge in [0.1, 0.15) is 5.82 Å². The maximum absolute atomic E-state index is 13.6. The summed E-state index contributed by atoms with van der Waals surface area (Å²) in [6, 6.07) is 1.53. The van der Waals surface area contributed by atoms with Gasteiger partial charge in [-0.15, -0.1) is 0 Å². The molecule has 4 nitrogen and oxygen atoms in total. The zero-order valence-corrected chi connectivity index (χ0v) is 9.73. The molecule has 0 aliphatic carbocycles. The summed E-state index contributed by atoms with van der Waals surface area (Å²) in [6.07, 6.45) is 5.69. The Hall–Kier alpha value is -1.04. The molecule has 1 fully saturated rings. The van der Waals surface area contributed by atoms with Crippen molar-refractivity contribution in [2.24, 2.45) is 11.8 Å². The summed E-state index contributed by atoms with van der Waals surface area (Å²) in [5.74, 6) is 5.76. The molecule has 0 bridgehead atoms. The number of rotatable bonds is 4. The van der Waals surface area contributed by atoms with E-state index in [-0.39, 0.29) is 11.9 Å². The Kier molecular flexibility index (Phi) is 4.42. The Bertz CT molecular complexity index is 355. The van der Waals surface area contributed by atoms with Crippen LogP contribution in [0.2, 0.25) is 0 Å². The monoisotopic (exact) mass is 239 g/mol. The maximum atomic E-state index is 13.6. The van der Waals surface area contributed by atoms with Crippen LogP contribution in [0.15, 0.2) is 18.5 Å². The van der Waals surface area contributed by atoms with E-state index in [1.165, 1.54) is 6.20 Å². The summed E-state index contributed by atoms with van der Waals surface area (Å²) in [4.78, 5) is 3.74. The number of nitrogens with one attached hydrogen (secondary N) is 1. The second-order valence-electron chi connectivity index (χ2n) is 4.41. The van der Waals surface area contributed by atoms with E-state index in [0.29, 0.717) is 11.5 Å². The van der Waals surface area contributed by atoms with Gasteiger partial charge in [0.25, 0.3) is 0 Å². The first-order valence-corrected chi connectivity index (χ1v) is 5.94. The molecule has 0 radical (unpaired) electrons. The van der Waals surface area contributed by atoms with E-state index in [2.05, 4.69) is 10.4 Å². The standard InChI is InChI=1S/C12H18FN3O/c13-11-8-15-4-1-10(11)12(16-14)7-9-2-5-17-6-3-9/h1,4,8-9,12,16H,2-3,5-7,14H2. The van der Waals surface area contributed by atoms with Gasteiger partial charge in [-0.2, -0.15) is 0 Å². The molecule has 5 heteroatoms. The van der Waals surface area contributed by atoms with E-state index in [4.69, 9.17) is 10.6 Å². The average Bonchev–Trinajstić information content (AvgIpc) is 2.38. The SMILES string of the molecule is NNC(CC1CCOCC1)c1ccncc1F. The normalized spacial score (nSPS) is 19.2. The predicted octanol–water partition coefficient (Wildman–Crippen LogP) is 1.54. The van der Waals surface area contributed by atoms with Crippen molar-refractivity contribution in [3.05, 3.63) is 29.8 Å². The van der Waals surface area contributed by atoms with Crippen molar-refractivity contribution < 1.29 is 9.13 Å². The van der Waals surface area contributed by atoms with Crippen LogP contribution in [0.5, 0.6) is 0 Å². The topological polar surface area (TPSA) is 60.2 Å². The van der Waals surface area contributed by atoms with Crippen LogP contribution in [0.1, 0.15) is 30.9 Å². The second-order valence-corrected chi connectivity index (χ2v) is 4.41. The highest BCUT2D eigenvalue weighted by atomic mass is 19.1. The number of ether oxygens (including phenoxy) is 1. The number of hydrogen-bond acceptors (Lipinski definition) is 4. The Balaban J connectivity index is 2.03. The van der Waals surface area contributed by atoms with Gasteiger partial charge in [-0.1, -0.05) is 0 Å². The summed E-state index contributed by atoms with van der Waals surface area (Å²) in [7, 11) is 0. The zero-order chi connectivity index (χ0) is 12.1. The van der Waals surface area contributed by atoms with E-state index in [0.717, 1.165) is 32.5 Å².